The summed E-state index contributed by atoms with van der Waals surface area (Å²) in [5.41, 5.74) is 0.853. The zero-order valence-electron chi connectivity index (χ0n) is 11.6. The van der Waals surface area contributed by atoms with Crippen LogP contribution in [0.15, 0.2) is 10.6 Å². The largest absolute Gasteiger partial charge is 0.298 e. The van der Waals surface area contributed by atoms with E-state index in [0.717, 1.165) is 42.6 Å². The van der Waals surface area contributed by atoms with Crippen LogP contribution in [0.4, 0.5) is 0 Å². The van der Waals surface area contributed by atoms with Crippen LogP contribution in [0, 0.1) is 0 Å². The molecule has 0 atom stereocenters. The average molecular weight is 271 g/mol. The third kappa shape index (κ3) is 7.20. The molecule has 0 N–H and O–H groups in total. The molecule has 2 heteroatoms. The summed E-state index contributed by atoms with van der Waals surface area (Å²) in [5, 5.41) is 0.819. The molecule has 0 amide bonds. The average Bonchev–Trinajstić information content (AvgIpc) is 2.39. The Morgan fingerprint density at radius 1 is 0.667 bits per heavy atom. The molecule has 0 saturated carbocycles. The van der Waals surface area contributed by atoms with E-state index in [-0.39, 0.29) is 0 Å². The van der Waals surface area contributed by atoms with Crippen molar-refractivity contribution in [3.63, 3.8) is 0 Å². The number of carbonyl (C=O) groups excluding carboxylic acids is 1. The van der Waals surface area contributed by atoms with Gasteiger partial charge in [-0.3, -0.25) is 4.79 Å². The van der Waals surface area contributed by atoms with Gasteiger partial charge < -0.3 is 0 Å². The smallest absolute Gasteiger partial charge is 0.147 e. The van der Waals surface area contributed by atoms with Crippen molar-refractivity contribution in [2.24, 2.45) is 0 Å². The van der Waals surface area contributed by atoms with Crippen molar-refractivity contribution in [3.8, 4) is 0 Å². The molecule has 0 spiro atoms. The Balaban J connectivity index is 2.41. The first-order valence-electron chi connectivity index (χ1n) is 7.67. The van der Waals surface area contributed by atoms with Crippen molar-refractivity contribution >= 4 is 17.9 Å². The van der Waals surface area contributed by atoms with Crippen LogP contribution in [0.2, 0.25) is 0 Å². The maximum Gasteiger partial charge on any atom is 0.147 e. The highest BCUT2D eigenvalue weighted by molar-refractivity contribution is 6.31. The summed E-state index contributed by atoms with van der Waals surface area (Å²) in [4.78, 5) is 11.0. The topological polar surface area (TPSA) is 17.1 Å². The molecular formula is C16H27ClO. The summed E-state index contributed by atoms with van der Waals surface area (Å²) in [7, 11) is 0. The van der Waals surface area contributed by atoms with E-state index in [9.17, 15) is 4.79 Å². The molecular weight excluding hydrogens is 244 g/mol. The van der Waals surface area contributed by atoms with Gasteiger partial charge in [-0.25, -0.2) is 0 Å². The van der Waals surface area contributed by atoms with Crippen molar-refractivity contribution in [1.82, 2.24) is 0 Å². The first kappa shape index (κ1) is 15.8. The van der Waals surface area contributed by atoms with E-state index in [1.54, 1.807) is 0 Å². The fourth-order valence-corrected chi connectivity index (χ4v) is 2.88. The zero-order chi connectivity index (χ0) is 13.1. The predicted octanol–water partition coefficient (Wildman–Crippen LogP) is 5.76. The Morgan fingerprint density at radius 2 is 1.06 bits per heavy atom. The Hall–Kier alpha value is -0.300. The monoisotopic (exact) mass is 270 g/mol. The van der Waals surface area contributed by atoms with Crippen LogP contribution >= 0.6 is 11.6 Å². The van der Waals surface area contributed by atoms with Crippen LogP contribution in [0.1, 0.15) is 83.5 Å². The molecule has 0 aliphatic heterocycles. The second kappa shape index (κ2) is 10.6. The number of allylic oxidation sites excluding steroid dienone is 2. The molecule has 18 heavy (non-hydrogen) atoms. The maximum absolute atomic E-state index is 11.0. The summed E-state index contributed by atoms with van der Waals surface area (Å²) < 4.78 is 0. The number of carbonyl (C=O) groups is 1. The van der Waals surface area contributed by atoms with Gasteiger partial charge in [-0.2, -0.15) is 0 Å². The van der Waals surface area contributed by atoms with Gasteiger partial charge in [0.15, 0.2) is 0 Å². The highest BCUT2D eigenvalue weighted by atomic mass is 35.5. The number of rotatable bonds is 1. The number of hydrogen-bond donors (Lipinski definition) is 0. The van der Waals surface area contributed by atoms with Crippen LogP contribution in [-0.2, 0) is 4.79 Å². The van der Waals surface area contributed by atoms with Crippen LogP contribution in [0.5, 0.6) is 0 Å². The fraction of sp³-hybridized carbons (Fsp3) is 0.812. The lowest BCUT2D eigenvalue weighted by atomic mass is 10.0. The van der Waals surface area contributed by atoms with E-state index in [4.69, 9.17) is 11.6 Å². The lowest BCUT2D eigenvalue weighted by Crippen LogP contribution is -1.91. The van der Waals surface area contributed by atoms with E-state index in [1.165, 1.54) is 57.8 Å². The first-order valence-corrected chi connectivity index (χ1v) is 8.05. The van der Waals surface area contributed by atoms with Crippen molar-refractivity contribution in [1.29, 1.82) is 0 Å². The second-order valence-electron chi connectivity index (χ2n) is 5.44. The molecule has 0 aromatic heterocycles. The first-order chi connectivity index (χ1) is 8.84. The molecule has 1 rings (SSSR count). The van der Waals surface area contributed by atoms with Gasteiger partial charge in [0.1, 0.15) is 6.29 Å². The standard InChI is InChI=1S/C16H27ClO/c17-16-13-11-9-7-5-3-1-2-4-6-8-10-12-15(16)14-18/h14H,1-13H2. The van der Waals surface area contributed by atoms with Gasteiger partial charge in [-0.05, 0) is 25.7 Å². The Morgan fingerprint density at radius 3 is 1.50 bits per heavy atom. The number of halogens is 1. The van der Waals surface area contributed by atoms with Gasteiger partial charge in [0.05, 0.1) is 0 Å². The molecule has 1 aliphatic rings. The highest BCUT2D eigenvalue weighted by Gasteiger charge is 2.05. The van der Waals surface area contributed by atoms with Crippen molar-refractivity contribution in [3.05, 3.63) is 10.6 Å². The molecule has 1 aliphatic carbocycles. The summed E-state index contributed by atoms with van der Waals surface area (Å²) >= 11 is 6.23. The van der Waals surface area contributed by atoms with Crippen molar-refractivity contribution < 1.29 is 4.79 Å². The fourth-order valence-electron chi connectivity index (χ4n) is 2.61. The SMILES string of the molecule is O=CC1=C(Cl)CCCCCCCCCCCCC1. The zero-order valence-corrected chi connectivity index (χ0v) is 12.3. The molecule has 104 valence electrons. The van der Waals surface area contributed by atoms with E-state index in [1.807, 2.05) is 0 Å². The van der Waals surface area contributed by atoms with E-state index < -0.39 is 0 Å². The molecule has 0 bridgehead atoms. The summed E-state index contributed by atoms with van der Waals surface area (Å²) in [6, 6.07) is 0. The molecule has 0 aromatic carbocycles. The van der Waals surface area contributed by atoms with E-state index >= 15 is 0 Å². The molecule has 0 fully saturated rings. The molecule has 1 nitrogen and oxygen atoms in total. The van der Waals surface area contributed by atoms with E-state index in [2.05, 4.69) is 0 Å². The van der Waals surface area contributed by atoms with Gasteiger partial charge in [0.25, 0.3) is 0 Å². The van der Waals surface area contributed by atoms with Gasteiger partial charge >= 0.3 is 0 Å². The predicted molar refractivity (Wildman–Crippen MR) is 79.0 cm³/mol. The van der Waals surface area contributed by atoms with Gasteiger partial charge in [-0.1, -0.05) is 69.4 Å². The third-order valence-electron chi connectivity index (χ3n) is 3.83. The lowest BCUT2D eigenvalue weighted by Gasteiger charge is -2.05. The molecule has 0 heterocycles. The minimum absolute atomic E-state index is 0.819. The van der Waals surface area contributed by atoms with Crippen molar-refractivity contribution in [2.45, 2.75) is 83.5 Å². The summed E-state index contributed by atoms with van der Waals surface area (Å²) in [5.74, 6) is 0. The Labute approximate surface area is 117 Å². The normalized spacial score (nSPS) is 22.1. The van der Waals surface area contributed by atoms with E-state index in [0.29, 0.717) is 0 Å². The molecule has 0 saturated heterocycles. The highest BCUT2D eigenvalue weighted by Crippen LogP contribution is 2.22. The van der Waals surface area contributed by atoms with Crippen LogP contribution < -0.4 is 0 Å². The quantitative estimate of drug-likeness (QED) is 0.553. The Bertz CT molecular complexity index is 258. The number of hydrogen-bond acceptors (Lipinski definition) is 1. The van der Waals surface area contributed by atoms with Gasteiger partial charge in [0, 0.05) is 10.6 Å². The van der Waals surface area contributed by atoms with Crippen LogP contribution in [0.25, 0.3) is 0 Å². The summed E-state index contributed by atoms with van der Waals surface area (Å²) in [6.45, 7) is 0. The second-order valence-corrected chi connectivity index (χ2v) is 5.89. The molecule has 0 radical (unpaired) electrons. The Kier molecular flexibility index (Phi) is 9.28. The number of aldehydes is 1. The third-order valence-corrected chi connectivity index (χ3v) is 4.26. The minimum atomic E-state index is 0.819. The lowest BCUT2D eigenvalue weighted by molar-refractivity contribution is -0.105. The molecule has 0 unspecified atom stereocenters. The summed E-state index contributed by atoms with van der Waals surface area (Å²) in [6.07, 6.45) is 17.0. The van der Waals surface area contributed by atoms with Crippen LogP contribution in [-0.4, -0.2) is 6.29 Å². The van der Waals surface area contributed by atoms with Gasteiger partial charge in [-0.15, -0.1) is 0 Å². The van der Waals surface area contributed by atoms with Crippen molar-refractivity contribution in [2.75, 3.05) is 0 Å². The minimum Gasteiger partial charge on any atom is -0.298 e. The maximum atomic E-state index is 11.0. The van der Waals surface area contributed by atoms with Gasteiger partial charge in [0.2, 0.25) is 0 Å². The molecule has 0 aromatic rings. The van der Waals surface area contributed by atoms with Crippen LogP contribution in [0.3, 0.4) is 0 Å².